The molecule has 1 unspecified atom stereocenters. The molecule has 4 N–H and O–H groups in total. The largest absolute Gasteiger partial charge is 0.383 e. The monoisotopic (exact) mass is 562 g/mol. The number of amides is 2. The van der Waals surface area contributed by atoms with Crippen LogP contribution in [0.3, 0.4) is 0 Å². The zero-order chi connectivity index (χ0) is 28.9. The van der Waals surface area contributed by atoms with Crippen molar-refractivity contribution in [3.63, 3.8) is 0 Å². The van der Waals surface area contributed by atoms with Crippen molar-refractivity contribution in [1.82, 2.24) is 9.71 Å². The number of sulfonamides is 1. The number of nitrogens with zero attached hydrogens (tertiary/aromatic N) is 3. The van der Waals surface area contributed by atoms with E-state index in [1.54, 1.807) is 6.92 Å². The molecule has 0 saturated carbocycles. The number of hydrogen-bond donors (Lipinski definition) is 3. The van der Waals surface area contributed by atoms with Gasteiger partial charge in [0.2, 0.25) is 11.8 Å². The first-order valence-corrected chi connectivity index (χ1v) is 14.1. The minimum Gasteiger partial charge on any atom is -0.383 e. The van der Waals surface area contributed by atoms with Gasteiger partial charge >= 0.3 is 0 Å². The lowest BCUT2D eigenvalue weighted by Gasteiger charge is -2.16. The standard InChI is InChI=1S/C27H26N6O4S2/c1-15(2)18-5-7-19(8-6-18)24-22(13-28)25(30)32-27(23(24)14-29)38-16(3)26(35)31-20-9-11-21(12-10-20)39(36,37)33-17(4)34/h5-12,15-16H,1-4H3,(H2,30,32)(H,31,35)(H,33,34). The Morgan fingerprint density at radius 3 is 2.08 bits per heavy atom. The molecule has 1 atom stereocenters. The highest BCUT2D eigenvalue weighted by atomic mass is 32.2. The molecule has 0 aliphatic rings. The van der Waals surface area contributed by atoms with Gasteiger partial charge in [0.05, 0.1) is 15.7 Å². The summed E-state index contributed by atoms with van der Waals surface area (Å²) in [7, 11) is -4.00. The van der Waals surface area contributed by atoms with Gasteiger partial charge in [0, 0.05) is 18.2 Å². The SMILES string of the molecule is CC(=O)NS(=O)(=O)c1ccc(NC(=O)C(C)Sc2nc(N)c(C#N)c(-c3ccc(C(C)C)cc3)c2C#N)cc1. The Bertz CT molecular complexity index is 1600. The molecule has 12 heteroatoms. The summed E-state index contributed by atoms with van der Waals surface area (Å²) in [5.41, 5.74) is 8.72. The van der Waals surface area contributed by atoms with Crippen LogP contribution in [-0.2, 0) is 19.6 Å². The fourth-order valence-electron chi connectivity index (χ4n) is 3.64. The van der Waals surface area contributed by atoms with Crippen LogP contribution in [-0.4, -0.2) is 30.5 Å². The van der Waals surface area contributed by atoms with Crippen molar-refractivity contribution in [2.24, 2.45) is 0 Å². The summed E-state index contributed by atoms with van der Waals surface area (Å²) < 4.78 is 26.1. The third-order valence-electron chi connectivity index (χ3n) is 5.65. The third-order valence-corrected chi connectivity index (χ3v) is 8.18. The Balaban J connectivity index is 1.87. The van der Waals surface area contributed by atoms with Crippen LogP contribution in [0.15, 0.2) is 58.5 Å². The van der Waals surface area contributed by atoms with Gasteiger partial charge in [0.25, 0.3) is 10.0 Å². The maximum atomic E-state index is 12.9. The summed E-state index contributed by atoms with van der Waals surface area (Å²) in [6, 6.07) is 17.0. The molecule has 0 saturated heterocycles. The van der Waals surface area contributed by atoms with E-state index in [9.17, 15) is 28.5 Å². The molecular weight excluding hydrogens is 536 g/mol. The first kappa shape index (κ1) is 29.2. The molecule has 2 amide bonds. The molecule has 0 fully saturated rings. The lowest BCUT2D eigenvalue weighted by atomic mass is 9.94. The normalized spacial score (nSPS) is 11.8. The molecule has 1 aromatic heterocycles. The van der Waals surface area contributed by atoms with Gasteiger partial charge in [-0.1, -0.05) is 49.9 Å². The van der Waals surface area contributed by atoms with E-state index in [1.165, 1.54) is 24.3 Å². The maximum absolute atomic E-state index is 12.9. The van der Waals surface area contributed by atoms with Crippen LogP contribution in [0.5, 0.6) is 0 Å². The number of anilines is 2. The summed E-state index contributed by atoms with van der Waals surface area (Å²) in [5, 5.41) is 21.9. The second-order valence-electron chi connectivity index (χ2n) is 8.86. The number of aromatic nitrogens is 1. The van der Waals surface area contributed by atoms with E-state index in [0.29, 0.717) is 22.7 Å². The summed E-state index contributed by atoms with van der Waals surface area (Å²) in [5.74, 6) is -0.905. The molecule has 1 heterocycles. The zero-order valence-corrected chi connectivity index (χ0v) is 23.3. The minimum absolute atomic E-state index is 0.0505. The Hall–Kier alpha value is -4.39. The van der Waals surface area contributed by atoms with Crippen LogP contribution in [0.2, 0.25) is 0 Å². The molecule has 0 spiro atoms. The molecule has 2 aromatic carbocycles. The molecule has 39 heavy (non-hydrogen) atoms. The number of rotatable bonds is 8. The highest BCUT2D eigenvalue weighted by molar-refractivity contribution is 8.00. The third kappa shape index (κ3) is 6.74. The van der Waals surface area contributed by atoms with Crippen LogP contribution in [0.25, 0.3) is 11.1 Å². The number of nitriles is 2. The van der Waals surface area contributed by atoms with Crippen LogP contribution in [0, 0.1) is 22.7 Å². The van der Waals surface area contributed by atoms with Gasteiger partial charge in [-0.2, -0.15) is 10.5 Å². The summed E-state index contributed by atoms with van der Waals surface area (Å²) >= 11 is 1.01. The van der Waals surface area contributed by atoms with Crippen molar-refractivity contribution in [2.45, 2.75) is 48.8 Å². The van der Waals surface area contributed by atoms with Crippen LogP contribution >= 0.6 is 11.8 Å². The number of nitrogens with one attached hydrogen (secondary N) is 2. The summed E-state index contributed by atoms with van der Waals surface area (Å²) in [6.45, 7) is 6.82. The Morgan fingerprint density at radius 1 is 0.974 bits per heavy atom. The van der Waals surface area contributed by atoms with Gasteiger partial charge in [-0.15, -0.1) is 0 Å². The van der Waals surface area contributed by atoms with Gasteiger partial charge in [-0.3, -0.25) is 9.59 Å². The molecule has 0 aliphatic carbocycles. The van der Waals surface area contributed by atoms with Crippen molar-refractivity contribution < 1.29 is 18.0 Å². The number of nitrogens with two attached hydrogens (primary N) is 1. The molecule has 3 rings (SSSR count). The number of nitrogen functional groups attached to an aromatic ring is 1. The van der Waals surface area contributed by atoms with Crippen molar-refractivity contribution in [1.29, 1.82) is 10.5 Å². The second kappa shape index (κ2) is 12.0. The highest BCUT2D eigenvalue weighted by Crippen LogP contribution is 2.37. The van der Waals surface area contributed by atoms with E-state index in [4.69, 9.17) is 5.73 Å². The number of pyridine rings is 1. The fraction of sp³-hybridized carbons (Fsp3) is 0.222. The molecule has 3 aromatic rings. The molecule has 0 aliphatic heterocycles. The van der Waals surface area contributed by atoms with E-state index in [-0.39, 0.29) is 26.9 Å². The minimum atomic E-state index is -4.00. The van der Waals surface area contributed by atoms with E-state index in [2.05, 4.69) is 30.2 Å². The topological polar surface area (TPSA) is 179 Å². The van der Waals surface area contributed by atoms with Gasteiger partial charge in [0.15, 0.2) is 0 Å². The Labute approximate surface area is 231 Å². The highest BCUT2D eigenvalue weighted by Gasteiger charge is 2.24. The quantitative estimate of drug-likeness (QED) is 0.340. The summed E-state index contributed by atoms with van der Waals surface area (Å²) in [4.78, 5) is 28.1. The predicted octanol–water partition coefficient (Wildman–Crippen LogP) is 4.14. The second-order valence-corrected chi connectivity index (χ2v) is 11.9. The van der Waals surface area contributed by atoms with Crippen molar-refractivity contribution in [3.05, 3.63) is 65.2 Å². The van der Waals surface area contributed by atoms with E-state index < -0.39 is 27.1 Å². The van der Waals surface area contributed by atoms with Crippen molar-refractivity contribution >= 4 is 45.1 Å². The van der Waals surface area contributed by atoms with E-state index >= 15 is 0 Å². The number of carbonyl (C=O) groups excluding carboxylic acids is 2. The average Bonchev–Trinajstić information content (AvgIpc) is 2.88. The Kier molecular flexibility index (Phi) is 8.96. The number of thioether (sulfide) groups is 1. The Morgan fingerprint density at radius 2 is 1.56 bits per heavy atom. The molecule has 0 radical (unpaired) electrons. The van der Waals surface area contributed by atoms with Gasteiger partial charge in [0.1, 0.15) is 28.5 Å². The van der Waals surface area contributed by atoms with Crippen LogP contribution in [0.1, 0.15) is 50.3 Å². The average molecular weight is 563 g/mol. The molecule has 10 nitrogen and oxygen atoms in total. The van der Waals surface area contributed by atoms with Gasteiger partial charge in [-0.05, 0) is 48.2 Å². The van der Waals surface area contributed by atoms with Crippen LogP contribution < -0.4 is 15.8 Å². The molecule has 200 valence electrons. The first-order chi connectivity index (χ1) is 18.4. The zero-order valence-electron chi connectivity index (χ0n) is 21.6. The lowest BCUT2D eigenvalue weighted by molar-refractivity contribution is -0.117. The smallest absolute Gasteiger partial charge is 0.264 e. The van der Waals surface area contributed by atoms with Gasteiger partial charge in [-0.25, -0.2) is 18.1 Å². The number of carbonyl (C=O) groups is 2. The van der Waals surface area contributed by atoms with Crippen molar-refractivity contribution in [3.8, 4) is 23.3 Å². The van der Waals surface area contributed by atoms with E-state index in [1.807, 2.05) is 35.1 Å². The van der Waals surface area contributed by atoms with Gasteiger partial charge < -0.3 is 11.1 Å². The maximum Gasteiger partial charge on any atom is 0.264 e. The predicted molar refractivity (Wildman–Crippen MR) is 149 cm³/mol. The van der Waals surface area contributed by atoms with Crippen molar-refractivity contribution in [2.75, 3.05) is 11.1 Å². The summed E-state index contributed by atoms with van der Waals surface area (Å²) in [6.07, 6.45) is 0. The van der Waals surface area contributed by atoms with Crippen LogP contribution in [0.4, 0.5) is 11.5 Å². The molecule has 0 bridgehead atoms. The van der Waals surface area contributed by atoms with E-state index in [0.717, 1.165) is 24.2 Å². The first-order valence-electron chi connectivity index (χ1n) is 11.7. The number of hydrogen-bond acceptors (Lipinski definition) is 9. The molecular formula is C27H26N6O4S2. The fourth-order valence-corrected chi connectivity index (χ4v) is 5.55. The lowest BCUT2D eigenvalue weighted by Crippen LogP contribution is -2.28. The number of benzene rings is 2.